The van der Waals surface area contributed by atoms with Gasteiger partial charge in [0, 0.05) is 12.8 Å². The summed E-state index contributed by atoms with van der Waals surface area (Å²) in [5.41, 5.74) is 4.25. The summed E-state index contributed by atoms with van der Waals surface area (Å²) in [4.78, 5) is 0. The molecule has 1 nitrogen and oxygen atoms in total. The minimum absolute atomic E-state index is 0.480. The van der Waals surface area contributed by atoms with Crippen LogP contribution in [0.25, 0.3) is 5.57 Å². The molecule has 1 fully saturated rings. The van der Waals surface area contributed by atoms with E-state index in [1.54, 1.807) is 0 Å². The van der Waals surface area contributed by atoms with Gasteiger partial charge in [-0.25, -0.2) is 0 Å². The molecule has 2 aliphatic rings. The Hall–Kier alpha value is -1.21. The van der Waals surface area contributed by atoms with Crippen molar-refractivity contribution in [2.24, 2.45) is 5.92 Å². The van der Waals surface area contributed by atoms with Gasteiger partial charge in [0.1, 0.15) is 0 Å². The van der Waals surface area contributed by atoms with E-state index in [4.69, 9.17) is 4.74 Å². The number of ether oxygens (including phenoxy) is 1. The molecule has 1 unspecified atom stereocenters. The Balaban J connectivity index is 1.45. The van der Waals surface area contributed by atoms with E-state index in [-0.39, 0.29) is 0 Å². The van der Waals surface area contributed by atoms with E-state index < -0.39 is 0 Å². The van der Waals surface area contributed by atoms with Gasteiger partial charge >= 0.3 is 0 Å². The van der Waals surface area contributed by atoms with Gasteiger partial charge in [-0.2, -0.15) is 0 Å². The van der Waals surface area contributed by atoms with E-state index in [1.165, 1.54) is 54.7 Å². The molecule has 1 atom stereocenters. The van der Waals surface area contributed by atoms with Crippen molar-refractivity contribution in [2.45, 2.75) is 58.0 Å². The van der Waals surface area contributed by atoms with Gasteiger partial charge in [-0.1, -0.05) is 41.8 Å². The lowest BCUT2D eigenvalue weighted by Gasteiger charge is -2.27. The number of hydrogen-bond donors (Lipinski definition) is 0. The van der Waals surface area contributed by atoms with Gasteiger partial charge in [0.25, 0.3) is 0 Å². The largest absolute Gasteiger partial charge is 0.378 e. The van der Waals surface area contributed by atoms with Crippen molar-refractivity contribution in [3.63, 3.8) is 0 Å². The molecule has 0 N–H and O–H groups in total. The number of rotatable bonds is 4. The predicted octanol–water partition coefficient (Wildman–Crippen LogP) is 5.55. The minimum Gasteiger partial charge on any atom is -0.378 e. The molecular formula is C21H28O. The summed E-state index contributed by atoms with van der Waals surface area (Å²) in [6, 6.07) is 8.93. The molecule has 0 bridgehead atoms. The van der Waals surface area contributed by atoms with Crippen molar-refractivity contribution in [1.29, 1.82) is 0 Å². The first-order valence-corrected chi connectivity index (χ1v) is 8.75. The molecule has 3 rings (SSSR count). The third kappa shape index (κ3) is 4.16. The Kier molecular flexibility index (Phi) is 5.25. The van der Waals surface area contributed by atoms with Crippen LogP contribution in [0.15, 0.2) is 30.3 Å². The van der Waals surface area contributed by atoms with Crippen LogP contribution in [0.5, 0.6) is 0 Å². The standard InChI is InChI=1S/C21H28O/c1-16-3-9-19(10-4-16)20-11-7-18(8-12-20)15-22-21-13-5-17(2)6-14-21/h3-4,9-11,18,21H,2,5-8,12-15H2,1H3. The van der Waals surface area contributed by atoms with E-state index in [0.29, 0.717) is 12.0 Å². The normalized spacial score (nSPS) is 23.5. The number of benzene rings is 1. The van der Waals surface area contributed by atoms with Crippen molar-refractivity contribution in [1.82, 2.24) is 0 Å². The lowest BCUT2D eigenvalue weighted by atomic mass is 9.86. The average molecular weight is 296 g/mol. The van der Waals surface area contributed by atoms with Crippen LogP contribution < -0.4 is 0 Å². The third-order valence-electron chi connectivity index (χ3n) is 5.15. The first-order chi connectivity index (χ1) is 10.7. The first-order valence-electron chi connectivity index (χ1n) is 8.75. The number of allylic oxidation sites excluding steroid dienone is 2. The third-order valence-corrected chi connectivity index (χ3v) is 5.15. The Morgan fingerprint density at radius 2 is 1.86 bits per heavy atom. The van der Waals surface area contributed by atoms with Crippen molar-refractivity contribution in [2.75, 3.05) is 6.61 Å². The molecule has 0 radical (unpaired) electrons. The fourth-order valence-corrected chi connectivity index (χ4v) is 3.51. The topological polar surface area (TPSA) is 9.23 Å². The molecule has 0 heterocycles. The molecule has 1 aromatic rings. The van der Waals surface area contributed by atoms with Gasteiger partial charge in [0.05, 0.1) is 25.6 Å². The highest BCUT2D eigenvalue weighted by Crippen LogP contribution is 2.32. The van der Waals surface area contributed by atoms with Gasteiger partial charge in [0.15, 0.2) is 0 Å². The van der Waals surface area contributed by atoms with E-state index in [0.717, 1.165) is 19.4 Å². The SMILES string of the molecule is [CH2-][C+]1CCC(OCC2CC=C(c3ccc(C)cc3)CC2)CC1. The van der Waals surface area contributed by atoms with E-state index in [9.17, 15) is 0 Å². The smallest absolute Gasteiger partial charge is 0.0654 e. The Bertz CT molecular complexity index is 491. The molecule has 0 amide bonds. The first kappa shape index (κ1) is 15.7. The van der Waals surface area contributed by atoms with Crippen LogP contribution in [0.2, 0.25) is 0 Å². The van der Waals surface area contributed by atoms with E-state index in [2.05, 4.69) is 44.2 Å². The monoisotopic (exact) mass is 296 g/mol. The average Bonchev–Trinajstić information content (AvgIpc) is 2.56. The number of aryl methyl sites for hydroxylation is 1. The molecular weight excluding hydrogens is 268 g/mol. The van der Waals surface area contributed by atoms with Gasteiger partial charge in [-0.15, -0.1) is 6.92 Å². The van der Waals surface area contributed by atoms with Crippen molar-refractivity contribution >= 4 is 5.57 Å². The molecule has 1 saturated carbocycles. The van der Waals surface area contributed by atoms with Gasteiger partial charge in [-0.3, -0.25) is 0 Å². The molecule has 0 saturated heterocycles. The Morgan fingerprint density at radius 1 is 1.14 bits per heavy atom. The summed E-state index contributed by atoms with van der Waals surface area (Å²) in [5.74, 6) is 2.11. The Labute approximate surface area is 135 Å². The highest BCUT2D eigenvalue weighted by Gasteiger charge is 2.23. The summed E-state index contributed by atoms with van der Waals surface area (Å²) in [5, 5.41) is 0. The lowest BCUT2D eigenvalue weighted by Crippen LogP contribution is -2.23. The second-order valence-electron chi connectivity index (χ2n) is 7.02. The minimum atomic E-state index is 0.480. The van der Waals surface area contributed by atoms with Gasteiger partial charge in [-0.05, 0) is 43.2 Å². The molecule has 22 heavy (non-hydrogen) atoms. The zero-order valence-electron chi connectivity index (χ0n) is 13.8. The molecule has 1 heteroatoms. The summed E-state index contributed by atoms with van der Waals surface area (Å²) in [6.07, 6.45) is 11.2. The maximum atomic E-state index is 6.16. The van der Waals surface area contributed by atoms with Crippen LogP contribution >= 0.6 is 0 Å². The summed E-state index contributed by atoms with van der Waals surface area (Å²) in [6.45, 7) is 7.16. The van der Waals surface area contributed by atoms with Crippen LogP contribution in [-0.4, -0.2) is 12.7 Å². The zero-order valence-corrected chi connectivity index (χ0v) is 13.8. The lowest BCUT2D eigenvalue weighted by molar-refractivity contribution is 0.0101. The fourth-order valence-electron chi connectivity index (χ4n) is 3.51. The number of hydrogen-bond acceptors (Lipinski definition) is 1. The van der Waals surface area contributed by atoms with Crippen molar-refractivity contribution in [3.05, 3.63) is 54.3 Å². The quantitative estimate of drug-likeness (QED) is 0.662. The molecule has 1 aromatic carbocycles. The maximum Gasteiger partial charge on any atom is 0.0654 e. The Morgan fingerprint density at radius 3 is 2.50 bits per heavy atom. The van der Waals surface area contributed by atoms with Crippen molar-refractivity contribution < 1.29 is 4.74 Å². The zero-order chi connectivity index (χ0) is 15.4. The highest BCUT2D eigenvalue weighted by molar-refractivity contribution is 5.66. The molecule has 2 aliphatic carbocycles. The fraction of sp³-hybridized carbons (Fsp3) is 0.524. The van der Waals surface area contributed by atoms with Gasteiger partial charge in [0.2, 0.25) is 0 Å². The van der Waals surface area contributed by atoms with Crippen molar-refractivity contribution in [3.8, 4) is 0 Å². The highest BCUT2D eigenvalue weighted by atomic mass is 16.5. The summed E-state index contributed by atoms with van der Waals surface area (Å²) in [7, 11) is 0. The van der Waals surface area contributed by atoms with Crippen LogP contribution in [0, 0.1) is 25.7 Å². The second-order valence-corrected chi connectivity index (χ2v) is 7.02. The molecule has 0 spiro atoms. The molecule has 0 aliphatic heterocycles. The van der Waals surface area contributed by atoms with Crippen LogP contribution in [0.3, 0.4) is 0 Å². The second kappa shape index (κ2) is 7.37. The van der Waals surface area contributed by atoms with Crippen LogP contribution in [-0.2, 0) is 4.74 Å². The molecule has 118 valence electrons. The van der Waals surface area contributed by atoms with Gasteiger partial charge < -0.3 is 4.74 Å². The van der Waals surface area contributed by atoms with E-state index >= 15 is 0 Å². The van der Waals surface area contributed by atoms with Crippen LogP contribution in [0.4, 0.5) is 0 Å². The summed E-state index contributed by atoms with van der Waals surface area (Å²) < 4.78 is 6.16. The van der Waals surface area contributed by atoms with Crippen LogP contribution in [0.1, 0.15) is 56.1 Å². The van der Waals surface area contributed by atoms with E-state index in [1.807, 2.05) is 0 Å². The predicted molar refractivity (Wildman–Crippen MR) is 93.3 cm³/mol. The summed E-state index contributed by atoms with van der Waals surface area (Å²) >= 11 is 0. The maximum absolute atomic E-state index is 6.16. The molecule has 0 aromatic heterocycles.